The van der Waals surface area contributed by atoms with Crippen LogP contribution in [-0.2, 0) is 4.74 Å². The maximum absolute atomic E-state index is 5.73. The zero-order chi connectivity index (χ0) is 17.5. The Balaban J connectivity index is 0.000000366. The van der Waals surface area contributed by atoms with Gasteiger partial charge in [0.2, 0.25) is 0 Å². The lowest BCUT2D eigenvalue weighted by atomic mass is 9.75. The number of rotatable bonds is 4. The minimum Gasteiger partial charge on any atom is -0.380 e. The van der Waals surface area contributed by atoms with Gasteiger partial charge in [0, 0.05) is 18.2 Å². The van der Waals surface area contributed by atoms with E-state index in [0.717, 1.165) is 19.4 Å². The van der Waals surface area contributed by atoms with E-state index in [1.54, 1.807) is 0 Å². The van der Waals surface area contributed by atoms with Gasteiger partial charge in [0.25, 0.3) is 0 Å². The van der Waals surface area contributed by atoms with Gasteiger partial charge < -0.3 is 10.1 Å². The third kappa shape index (κ3) is 5.19. The van der Waals surface area contributed by atoms with Crippen molar-refractivity contribution in [2.24, 2.45) is 0 Å². The maximum Gasteiger partial charge on any atom is 0.119 e. The molecule has 1 fully saturated rings. The predicted molar refractivity (Wildman–Crippen MR) is 93.2 cm³/mol. The van der Waals surface area contributed by atoms with Crippen LogP contribution in [0, 0.1) is 0 Å². The lowest BCUT2D eigenvalue weighted by molar-refractivity contribution is -0.104. The molecule has 2 heterocycles. The van der Waals surface area contributed by atoms with Crippen LogP contribution in [0.5, 0.6) is 0 Å². The van der Waals surface area contributed by atoms with E-state index in [1.165, 1.54) is 19.0 Å². The first-order valence-electron chi connectivity index (χ1n) is 8.32. The first kappa shape index (κ1) is 19.9. The molecule has 6 nitrogen and oxygen atoms in total. The molecule has 6 heteroatoms. The number of ether oxygens (including phenoxy) is 1. The van der Waals surface area contributed by atoms with Gasteiger partial charge >= 0.3 is 0 Å². The summed E-state index contributed by atoms with van der Waals surface area (Å²) in [5.74, 6) is 0. The minimum atomic E-state index is 0.109. The second-order valence-electron chi connectivity index (χ2n) is 7.23. The molecule has 2 rings (SSSR count). The van der Waals surface area contributed by atoms with Gasteiger partial charge in [0.1, 0.15) is 19.0 Å². The second kappa shape index (κ2) is 8.66. The number of likely N-dealkylation sites (tertiary alicyclic amines) is 1. The molecular formula is C17H33N5O. The summed E-state index contributed by atoms with van der Waals surface area (Å²) in [6.07, 6.45) is 6.84. The van der Waals surface area contributed by atoms with Crippen LogP contribution in [0.1, 0.15) is 47.5 Å². The van der Waals surface area contributed by atoms with Gasteiger partial charge in [-0.05, 0) is 54.1 Å². The molecule has 1 aliphatic rings. The Morgan fingerprint density at radius 2 is 1.65 bits per heavy atom. The average molecular weight is 323 g/mol. The lowest BCUT2D eigenvalue weighted by Gasteiger charge is -2.57. The topological polar surface area (TPSA) is 63.2 Å². The number of nitrogens with zero attached hydrogens (tertiary/aromatic N) is 4. The number of nitrogens with one attached hydrogen (secondary N) is 1. The molecule has 0 saturated carbocycles. The zero-order valence-corrected chi connectivity index (χ0v) is 15.7. The number of piperidine rings is 1. The number of methoxy groups -OCH3 is 1. The van der Waals surface area contributed by atoms with Crippen LogP contribution in [0.25, 0.3) is 0 Å². The standard InChI is InChI=1S/C14H30N2O.C3H3N3/c1-8-9-15-12-11(17-7)10-13(2,3)16(6)14(12,4)5;1-4-2-6-3-5-1/h11-12,15H,8-10H2,1-7H3;1-3H. The molecule has 0 spiro atoms. The summed E-state index contributed by atoms with van der Waals surface area (Å²) in [5, 5.41) is 3.66. The SMILES string of the molecule is CCCNC1C(OC)CC(C)(C)N(C)C1(C)C.c1ncncn1. The monoisotopic (exact) mass is 323 g/mol. The van der Waals surface area contributed by atoms with Gasteiger partial charge in [-0.2, -0.15) is 0 Å². The molecule has 1 aromatic rings. The molecule has 0 bridgehead atoms. The van der Waals surface area contributed by atoms with Crippen LogP contribution in [0.15, 0.2) is 19.0 Å². The van der Waals surface area contributed by atoms with E-state index in [2.05, 4.69) is 66.8 Å². The highest BCUT2D eigenvalue weighted by Crippen LogP contribution is 2.38. The summed E-state index contributed by atoms with van der Waals surface area (Å²) in [6, 6.07) is 0.394. The largest absolute Gasteiger partial charge is 0.380 e. The van der Waals surface area contributed by atoms with Crippen LogP contribution < -0.4 is 5.32 Å². The Morgan fingerprint density at radius 3 is 2.04 bits per heavy atom. The minimum absolute atomic E-state index is 0.109. The average Bonchev–Trinajstić information content (AvgIpc) is 2.54. The van der Waals surface area contributed by atoms with Crippen LogP contribution in [0.2, 0.25) is 0 Å². The molecule has 132 valence electrons. The van der Waals surface area contributed by atoms with Gasteiger partial charge in [-0.1, -0.05) is 6.92 Å². The van der Waals surface area contributed by atoms with Crippen molar-refractivity contribution >= 4 is 0 Å². The molecule has 1 aromatic heterocycles. The molecule has 1 saturated heterocycles. The predicted octanol–water partition coefficient (Wildman–Crippen LogP) is 2.13. The zero-order valence-electron chi connectivity index (χ0n) is 15.7. The molecule has 1 N–H and O–H groups in total. The van der Waals surface area contributed by atoms with E-state index in [9.17, 15) is 0 Å². The van der Waals surface area contributed by atoms with Gasteiger partial charge in [-0.25, -0.2) is 15.0 Å². The van der Waals surface area contributed by atoms with Crippen LogP contribution in [0.4, 0.5) is 0 Å². The second-order valence-corrected chi connectivity index (χ2v) is 7.23. The summed E-state index contributed by atoms with van der Waals surface area (Å²) in [6.45, 7) is 12.5. The van der Waals surface area contributed by atoms with Crippen molar-refractivity contribution in [2.75, 3.05) is 20.7 Å². The van der Waals surface area contributed by atoms with E-state index in [4.69, 9.17) is 4.74 Å². The highest BCUT2D eigenvalue weighted by Gasteiger charge is 2.49. The molecule has 0 aliphatic carbocycles. The fourth-order valence-electron chi connectivity index (χ4n) is 3.30. The van der Waals surface area contributed by atoms with Crippen LogP contribution in [-0.4, -0.2) is 63.8 Å². The van der Waals surface area contributed by atoms with Crippen LogP contribution in [0.3, 0.4) is 0 Å². The fraction of sp³-hybridized carbons (Fsp3) is 0.824. The Hall–Kier alpha value is -1.11. The Labute approximate surface area is 141 Å². The first-order valence-corrected chi connectivity index (χ1v) is 8.32. The smallest absolute Gasteiger partial charge is 0.119 e. The number of aromatic nitrogens is 3. The summed E-state index contributed by atoms with van der Waals surface area (Å²) in [7, 11) is 4.06. The van der Waals surface area contributed by atoms with E-state index >= 15 is 0 Å². The van der Waals surface area contributed by atoms with E-state index in [1.807, 2.05) is 7.11 Å². The molecule has 0 aromatic carbocycles. The van der Waals surface area contributed by atoms with Crippen molar-refractivity contribution in [1.82, 2.24) is 25.2 Å². The summed E-state index contributed by atoms with van der Waals surface area (Å²) >= 11 is 0. The van der Waals surface area contributed by atoms with Crippen molar-refractivity contribution in [2.45, 2.75) is 70.7 Å². The van der Waals surface area contributed by atoms with Crippen molar-refractivity contribution < 1.29 is 4.74 Å². The Kier molecular flexibility index (Phi) is 7.51. The molecule has 2 atom stereocenters. The van der Waals surface area contributed by atoms with Crippen molar-refractivity contribution in [1.29, 1.82) is 0 Å². The summed E-state index contributed by atoms with van der Waals surface area (Å²) in [4.78, 5) is 13.2. The van der Waals surface area contributed by atoms with Gasteiger partial charge in [0.05, 0.1) is 12.1 Å². The van der Waals surface area contributed by atoms with E-state index < -0.39 is 0 Å². The molecule has 23 heavy (non-hydrogen) atoms. The molecule has 1 aliphatic heterocycles. The maximum atomic E-state index is 5.73. The Morgan fingerprint density at radius 1 is 1.13 bits per heavy atom. The van der Waals surface area contributed by atoms with Crippen molar-refractivity contribution in [3.8, 4) is 0 Å². The first-order chi connectivity index (χ1) is 10.8. The highest BCUT2D eigenvalue weighted by atomic mass is 16.5. The number of likely N-dealkylation sites (N-methyl/N-ethyl adjacent to an activating group) is 1. The number of hydrogen-bond acceptors (Lipinski definition) is 6. The van der Waals surface area contributed by atoms with Crippen molar-refractivity contribution in [3.05, 3.63) is 19.0 Å². The van der Waals surface area contributed by atoms with Crippen LogP contribution >= 0.6 is 0 Å². The Bertz CT molecular complexity index is 411. The number of hydrogen-bond donors (Lipinski definition) is 1. The third-order valence-corrected chi connectivity index (χ3v) is 4.92. The van der Waals surface area contributed by atoms with Gasteiger partial charge in [0.15, 0.2) is 0 Å². The molecule has 2 unspecified atom stereocenters. The molecular weight excluding hydrogens is 290 g/mol. The summed E-state index contributed by atoms with van der Waals surface area (Å²) in [5.41, 5.74) is 0.298. The van der Waals surface area contributed by atoms with E-state index in [0.29, 0.717) is 12.1 Å². The third-order valence-electron chi connectivity index (χ3n) is 4.92. The quantitative estimate of drug-likeness (QED) is 0.916. The van der Waals surface area contributed by atoms with Gasteiger partial charge in [-0.3, -0.25) is 4.90 Å². The van der Waals surface area contributed by atoms with Crippen molar-refractivity contribution in [3.63, 3.8) is 0 Å². The lowest BCUT2D eigenvalue weighted by Crippen LogP contribution is -2.71. The normalized spacial score (nSPS) is 26.2. The summed E-state index contributed by atoms with van der Waals surface area (Å²) < 4.78 is 5.73. The van der Waals surface area contributed by atoms with Gasteiger partial charge in [-0.15, -0.1) is 0 Å². The fourth-order valence-corrected chi connectivity index (χ4v) is 3.30. The van der Waals surface area contributed by atoms with E-state index in [-0.39, 0.29) is 11.1 Å². The molecule has 0 amide bonds. The highest BCUT2D eigenvalue weighted by molar-refractivity contribution is 5.07. The molecule has 0 radical (unpaired) electrons.